The highest BCUT2D eigenvalue weighted by molar-refractivity contribution is 5.97. The maximum absolute atomic E-state index is 13.1. The van der Waals surface area contributed by atoms with Crippen molar-refractivity contribution in [2.24, 2.45) is 4.99 Å². The largest absolute Gasteiger partial charge is 0.496 e. The van der Waals surface area contributed by atoms with Crippen molar-refractivity contribution in [2.75, 3.05) is 47.6 Å². The van der Waals surface area contributed by atoms with Gasteiger partial charge in [-0.1, -0.05) is 6.07 Å². The van der Waals surface area contributed by atoms with Gasteiger partial charge in [-0.15, -0.1) is 0 Å². The number of likely N-dealkylation sites (tertiary alicyclic amines) is 1. The lowest BCUT2D eigenvalue weighted by Crippen LogP contribution is -2.36. The van der Waals surface area contributed by atoms with Gasteiger partial charge in [0.2, 0.25) is 0 Å². The second-order valence-electron chi connectivity index (χ2n) is 11.4. The van der Waals surface area contributed by atoms with Crippen LogP contribution in [0.5, 0.6) is 11.5 Å². The molecule has 6 rings (SSSR count). The lowest BCUT2D eigenvalue weighted by Gasteiger charge is -2.24. The van der Waals surface area contributed by atoms with E-state index in [0.29, 0.717) is 59.9 Å². The number of nitrogens with zero attached hydrogens (tertiary/aromatic N) is 3. The molecule has 0 radical (unpaired) electrons. The van der Waals surface area contributed by atoms with E-state index in [-0.39, 0.29) is 30.7 Å². The van der Waals surface area contributed by atoms with Crippen LogP contribution in [0.3, 0.4) is 0 Å². The molecule has 0 saturated carbocycles. The molecular weight excluding hydrogens is 560 g/mol. The molecule has 2 fully saturated rings. The number of benzene rings is 2. The summed E-state index contributed by atoms with van der Waals surface area (Å²) in [6.07, 6.45) is 6.13. The first-order valence-corrected chi connectivity index (χ1v) is 15.0. The van der Waals surface area contributed by atoms with Gasteiger partial charge in [-0.2, -0.15) is 0 Å². The van der Waals surface area contributed by atoms with Gasteiger partial charge in [0.25, 0.3) is 5.91 Å². The van der Waals surface area contributed by atoms with Crippen LogP contribution in [0.25, 0.3) is 33.6 Å². The van der Waals surface area contributed by atoms with Crippen molar-refractivity contribution < 1.29 is 28.5 Å². The summed E-state index contributed by atoms with van der Waals surface area (Å²) >= 11 is 0. The molecule has 4 aromatic rings. The minimum Gasteiger partial charge on any atom is -0.496 e. The minimum atomic E-state index is -0.184. The standard InChI is InChI=1S/C34H38N4O6/c1-35-18-23-14-21(5-7-30(23)43-26-9-12-42-13-10-26)27-8-11-36-29-17-32(44-33(27)29)28-6-4-22(15-31(28)41-3)34(40)37-24-16-25(20-39)38(2)19-24/h4-8,11,14-15,17-18,24-26,39H,9-10,12-13,16,19-20H2,1-3H3,(H,37,40)/b35-18+/t24-,25+/m1/s1. The van der Waals surface area contributed by atoms with E-state index in [2.05, 4.69) is 26.3 Å². The topological polar surface area (TPSA) is 119 Å². The number of carbonyl (C=O) groups is 1. The van der Waals surface area contributed by atoms with Gasteiger partial charge in [-0.25, -0.2) is 0 Å². The lowest BCUT2D eigenvalue weighted by atomic mass is 10.0. The number of amides is 1. The average Bonchev–Trinajstić information content (AvgIpc) is 3.64. The quantitative estimate of drug-likeness (QED) is 0.269. The number of rotatable bonds is 9. The van der Waals surface area contributed by atoms with Crippen molar-refractivity contribution in [3.63, 3.8) is 0 Å². The van der Waals surface area contributed by atoms with Gasteiger partial charge in [0.15, 0.2) is 5.58 Å². The zero-order valence-electron chi connectivity index (χ0n) is 25.3. The van der Waals surface area contributed by atoms with Crippen molar-refractivity contribution in [1.82, 2.24) is 15.2 Å². The van der Waals surface area contributed by atoms with E-state index in [9.17, 15) is 9.90 Å². The number of aliphatic imine (C=N–C) groups is 1. The Morgan fingerprint density at radius 1 is 1.14 bits per heavy atom. The number of carbonyl (C=O) groups excluding carboxylic acids is 1. The monoisotopic (exact) mass is 598 g/mol. The van der Waals surface area contributed by atoms with E-state index in [1.807, 2.05) is 43.6 Å². The maximum atomic E-state index is 13.1. The SMILES string of the molecule is C/N=C/c1cc(-c2ccnc3cc(-c4ccc(C(=O)N[C@@H]5C[C@@H](CO)N(C)C5)cc4OC)oc23)ccc1OC1CCOCC1. The van der Waals surface area contributed by atoms with Crippen LogP contribution in [0.4, 0.5) is 0 Å². The van der Waals surface area contributed by atoms with Crippen LogP contribution in [0.1, 0.15) is 35.2 Å². The number of nitrogens with one attached hydrogen (secondary N) is 1. The number of aliphatic hydroxyl groups is 1. The summed E-state index contributed by atoms with van der Waals surface area (Å²) in [6, 6.07) is 15.2. The van der Waals surface area contributed by atoms with Crippen LogP contribution < -0.4 is 14.8 Å². The van der Waals surface area contributed by atoms with Crippen LogP contribution in [0.2, 0.25) is 0 Å². The predicted octanol–water partition coefficient (Wildman–Crippen LogP) is 4.57. The number of aromatic nitrogens is 1. The highest BCUT2D eigenvalue weighted by atomic mass is 16.5. The summed E-state index contributed by atoms with van der Waals surface area (Å²) in [6.45, 7) is 2.18. The van der Waals surface area contributed by atoms with Crippen LogP contribution in [-0.2, 0) is 4.74 Å². The fourth-order valence-electron chi connectivity index (χ4n) is 6.04. The van der Waals surface area contributed by atoms with Crippen LogP contribution in [0, 0.1) is 0 Å². The summed E-state index contributed by atoms with van der Waals surface area (Å²) in [5, 5.41) is 12.6. The molecule has 44 heavy (non-hydrogen) atoms. The molecular formula is C34H38N4O6. The Balaban J connectivity index is 1.27. The van der Waals surface area contributed by atoms with Gasteiger partial charge >= 0.3 is 0 Å². The fourth-order valence-corrected chi connectivity index (χ4v) is 6.04. The minimum absolute atomic E-state index is 0.0261. The Hall–Kier alpha value is -4.25. The zero-order chi connectivity index (χ0) is 30.6. The normalized spacial score (nSPS) is 19.5. The molecule has 0 aliphatic carbocycles. The van der Waals surface area contributed by atoms with E-state index >= 15 is 0 Å². The smallest absolute Gasteiger partial charge is 0.251 e. The zero-order valence-corrected chi connectivity index (χ0v) is 25.3. The van der Waals surface area contributed by atoms with Gasteiger partial charge in [0, 0.05) is 73.7 Å². The van der Waals surface area contributed by atoms with E-state index in [1.54, 1.807) is 32.5 Å². The third-order valence-corrected chi connectivity index (χ3v) is 8.43. The first-order valence-electron chi connectivity index (χ1n) is 15.0. The van der Waals surface area contributed by atoms with Crippen LogP contribution in [-0.4, -0.2) is 92.9 Å². The highest BCUT2D eigenvalue weighted by Gasteiger charge is 2.30. The van der Waals surface area contributed by atoms with Gasteiger partial charge < -0.3 is 29.1 Å². The Bertz CT molecular complexity index is 1660. The number of ether oxygens (including phenoxy) is 3. The molecule has 2 aliphatic heterocycles. The second kappa shape index (κ2) is 13.2. The van der Waals surface area contributed by atoms with Gasteiger partial charge in [0.05, 0.1) is 32.5 Å². The highest BCUT2D eigenvalue weighted by Crippen LogP contribution is 2.38. The summed E-state index contributed by atoms with van der Waals surface area (Å²) in [4.78, 5) is 23.9. The number of pyridine rings is 1. The van der Waals surface area contributed by atoms with Crippen LogP contribution >= 0.6 is 0 Å². The molecule has 10 heteroatoms. The Morgan fingerprint density at radius 2 is 1.98 bits per heavy atom. The third-order valence-electron chi connectivity index (χ3n) is 8.43. The van der Waals surface area contributed by atoms with E-state index in [0.717, 1.165) is 35.3 Å². The second-order valence-corrected chi connectivity index (χ2v) is 11.4. The molecule has 0 bridgehead atoms. The summed E-state index contributed by atoms with van der Waals surface area (Å²) in [5.41, 5.74) is 5.29. The van der Waals surface area contributed by atoms with E-state index < -0.39 is 0 Å². The lowest BCUT2D eigenvalue weighted by molar-refractivity contribution is 0.0255. The first kappa shape index (κ1) is 29.8. The predicted molar refractivity (Wildman–Crippen MR) is 169 cm³/mol. The molecule has 1 amide bonds. The van der Waals surface area contributed by atoms with E-state index in [4.69, 9.17) is 18.6 Å². The molecule has 10 nitrogen and oxygen atoms in total. The van der Waals surface area contributed by atoms with Gasteiger partial charge in [-0.05, 0) is 55.4 Å². The molecule has 0 spiro atoms. The Morgan fingerprint density at radius 3 is 2.73 bits per heavy atom. The number of hydrogen-bond donors (Lipinski definition) is 2. The van der Waals surface area contributed by atoms with E-state index in [1.165, 1.54) is 0 Å². The van der Waals surface area contributed by atoms with Crippen LogP contribution in [0.15, 0.2) is 64.1 Å². The summed E-state index contributed by atoms with van der Waals surface area (Å²) in [5.74, 6) is 1.71. The molecule has 2 saturated heterocycles. The number of methoxy groups -OCH3 is 1. The van der Waals surface area contributed by atoms with Gasteiger partial charge in [-0.3, -0.25) is 19.7 Å². The number of aliphatic hydroxyl groups excluding tert-OH is 1. The average molecular weight is 599 g/mol. The third kappa shape index (κ3) is 6.19. The number of fused-ring (bicyclic) bond motifs is 1. The van der Waals surface area contributed by atoms with Crippen molar-refractivity contribution in [1.29, 1.82) is 0 Å². The number of hydrogen-bond acceptors (Lipinski definition) is 9. The molecule has 2 aromatic heterocycles. The molecule has 4 heterocycles. The van der Waals surface area contributed by atoms with Crippen molar-refractivity contribution in [3.05, 3.63) is 65.9 Å². The first-order chi connectivity index (χ1) is 21.5. The molecule has 2 atom stereocenters. The molecule has 230 valence electrons. The van der Waals surface area contributed by atoms with Gasteiger partial charge in [0.1, 0.15) is 28.9 Å². The van der Waals surface area contributed by atoms with Crippen molar-refractivity contribution in [3.8, 4) is 33.9 Å². The molecule has 2 aliphatic rings. The van der Waals surface area contributed by atoms with Crippen molar-refractivity contribution >= 4 is 23.2 Å². The van der Waals surface area contributed by atoms with Crippen molar-refractivity contribution in [2.45, 2.75) is 37.5 Å². The number of furan rings is 1. The fraction of sp³-hybridized carbons (Fsp3) is 0.382. The number of likely N-dealkylation sites (N-methyl/N-ethyl adjacent to an activating group) is 1. The molecule has 0 unspecified atom stereocenters. The maximum Gasteiger partial charge on any atom is 0.251 e. The summed E-state index contributed by atoms with van der Waals surface area (Å²) in [7, 11) is 5.27. The molecule has 2 aromatic carbocycles. The summed E-state index contributed by atoms with van der Waals surface area (Å²) < 4.78 is 23.9. The molecule has 2 N–H and O–H groups in total. The Kier molecular flexibility index (Phi) is 8.92. The Labute approximate surface area is 256 Å².